The lowest BCUT2D eigenvalue weighted by Gasteiger charge is -2.07. The fourth-order valence-electron chi connectivity index (χ4n) is 1.75. The van der Waals surface area contributed by atoms with Crippen LogP contribution in [0.2, 0.25) is 5.02 Å². The number of hydrogen-bond donors (Lipinski definition) is 0. The number of hydrogen-bond acceptors (Lipinski definition) is 6. The third kappa shape index (κ3) is 4.46. The van der Waals surface area contributed by atoms with Crippen LogP contribution in [-0.4, -0.2) is 27.5 Å². The molecule has 0 saturated heterocycles. The van der Waals surface area contributed by atoms with Gasteiger partial charge in [-0.1, -0.05) is 23.4 Å². The third-order valence-electron chi connectivity index (χ3n) is 2.78. The maximum absolute atomic E-state index is 5.89. The van der Waals surface area contributed by atoms with Gasteiger partial charge in [0, 0.05) is 23.2 Å². The van der Waals surface area contributed by atoms with Crippen molar-refractivity contribution in [2.24, 2.45) is 0 Å². The molecule has 23 heavy (non-hydrogen) atoms. The summed E-state index contributed by atoms with van der Waals surface area (Å²) in [7, 11) is 0. The van der Waals surface area contributed by atoms with E-state index in [1.165, 1.54) is 11.8 Å². The average Bonchev–Trinajstić information content (AvgIpc) is 3.03. The van der Waals surface area contributed by atoms with Crippen molar-refractivity contribution < 1.29 is 9.15 Å². The minimum absolute atomic E-state index is 0.460. The number of pyridine rings is 1. The predicted octanol–water partition coefficient (Wildman–Crippen LogP) is 4.72. The highest BCUT2D eigenvalue weighted by atomic mass is 79.9. The number of halogens is 2. The molecule has 118 valence electrons. The summed E-state index contributed by atoms with van der Waals surface area (Å²) in [5.74, 6) is 1.89. The predicted molar refractivity (Wildman–Crippen MR) is 92.9 cm³/mol. The molecule has 0 atom stereocenters. The third-order valence-corrected chi connectivity index (χ3v) is 4.41. The summed E-state index contributed by atoms with van der Waals surface area (Å²) in [6.07, 6.45) is 3.38. The van der Waals surface area contributed by atoms with Crippen LogP contribution in [0.3, 0.4) is 0 Å². The molecule has 0 bridgehead atoms. The monoisotopic (exact) mass is 411 g/mol. The van der Waals surface area contributed by atoms with Gasteiger partial charge in [0.2, 0.25) is 5.89 Å². The Morgan fingerprint density at radius 2 is 2.17 bits per heavy atom. The highest BCUT2D eigenvalue weighted by Crippen LogP contribution is 2.28. The summed E-state index contributed by atoms with van der Waals surface area (Å²) in [5.41, 5.74) is 0.799. The second-order valence-corrected chi connectivity index (χ2v) is 6.72. The number of ether oxygens (including phenoxy) is 1. The molecule has 2 heterocycles. The molecule has 0 fully saturated rings. The lowest BCUT2D eigenvalue weighted by molar-refractivity contribution is 0.341. The Morgan fingerprint density at radius 3 is 2.96 bits per heavy atom. The minimum Gasteiger partial charge on any atom is -0.492 e. The fraction of sp³-hybridized carbons (Fsp3) is 0.133. The molecule has 0 spiro atoms. The molecule has 0 aliphatic carbocycles. The smallest absolute Gasteiger partial charge is 0.276 e. The maximum atomic E-state index is 5.89. The molecule has 1 aromatic carbocycles. The topological polar surface area (TPSA) is 61.0 Å². The maximum Gasteiger partial charge on any atom is 0.276 e. The zero-order chi connectivity index (χ0) is 16.1. The summed E-state index contributed by atoms with van der Waals surface area (Å²) in [5, 5.41) is 9.17. The Kier molecular flexibility index (Phi) is 5.53. The SMILES string of the molecule is Clc1ccc(OCCSc2nnc(-c3cccnc3)o2)c(Br)c1. The van der Waals surface area contributed by atoms with Crippen molar-refractivity contribution in [3.63, 3.8) is 0 Å². The van der Waals surface area contributed by atoms with Gasteiger partial charge < -0.3 is 9.15 Å². The Labute approximate surface area is 150 Å². The molecule has 0 radical (unpaired) electrons. The van der Waals surface area contributed by atoms with Crippen molar-refractivity contribution >= 4 is 39.3 Å². The van der Waals surface area contributed by atoms with Gasteiger partial charge >= 0.3 is 0 Å². The van der Waals surface area contributed by atoms with E-state index in [0.29, 0.717) is 28.5 Å². The highest BCUT2D eigenvalue weighted by molar-refractivity contribution is 9.10. The fourth-order valence-corrected chi connectivity index (χ4v) is 3.12. The number of aromatic nitrogens is 3. The standard InChI is InChI=1S/C15H11BrClN3O2S/c16-12-8-11(17)3-4-13(12)21-6-7-23-15-20-19-14(22-15)10-2-1-5-18-9-10/h1-5,8-9H,6-7H2. The molecule has 0 amide bonds. The van der Waals surface area contributed by atoms with Crippen LogP contribution in [0.15, 0.2) is 56.8 Å². The summed E-state index contributed by atoms with van der Waals surface area (Å²) >= 11 is 10.7. The quantitative estimate of drug-likeness (QED) is 0.431. The number of benzene rings is 1. The van der Waals surface area contributed by atoms with Crippen molar-refractivity contribution in [3.8, 4) is 17.2 Å². The summed E-state index contributed by atoms with van der Waals surface area (Å²) in [6, 6.07) is 9.10. The molecule has 0 unspecified atom stereocenters. The van der Waals surface area contributed by atoms with Gasteiger partial charge in [-0.3, -0.25) is 4.98 Å². The van der Waals surface area contributed by atoms with Gasteiger partial charge in [-0.25, -0.2) is 0 Å². The first-order valence-electron chi connectivity index (χ1n) is 6.67. The van der Waals surface area contributed by atoms with E-state index in [9.17, 15) is 0 Å². The van der Waals surface area contributed by atoms with Crippen LogP contribution in [0.25, 0.3) is 11.5 Å². The van der Waals surface area contributed by atoms with Gasteiger partial charge in [-0.05, 0) is 46.3 Å². The first kappa shape index (κ1) is 16.3. The van der Waals surface area contributed by atoms with Gasteiger partial charge in [0.15, 0.2) is 0 Å². The first-order valence-corrected chi connectivity index (χ1v) is 8.82. The van der Waals surface area contributed by atoms with Gasteiger partial charge in [-0.15, -0.1) is 10.2 Å². The Balaban J connectivity index is 1.50. The van der Waals surface area contributed by atoms with Crippen LogP contribution < -0.4 is 4.74 Å². The van der Waals surface area contributed by atoms with Gasteiger partial charge in [0.1, 0.15) is 5.75 Å². The van der Waals surface area contributed by atoms with E-state index in [1.54, 1.807) is 24.5 Å². The van der Waals surface area contributed by atoms with Crippen molar-refractivity contribution in [1.82, 2.24) is 15.2 Å². The molecule has 2 aromatic heterocycles. The van der Waals surface area contributed by atoms with Crippen molar-refractivity contribution in [3.05, 3.63) is 52.2 Å². The molecular formula is C15H11BrClN3O2S. The molecule has 8 heteroatoms. The normalized spacial score (nSPS) is 10.7. The van der Waals surface area contributed by atoms with E-state index < -0.39 is 0 Å². The van der Waals surface area contributed by atoms with Gasteiger partial charge in [0.05, 0.1) is 16.6 Å². The summed E-state index contributed by atoms with van der Waals surface area (Å²) in [6.45, 7) is 0.509. The second-order valence-electron chi connectivity index (χ2n) is 4.39. The van der Waals surface area contributed by atoms with E-state index in [-0.39, 0.29) is 0 Å². The average molecular weight is 413 g/mol. The molecule has 5 nitrogen and oxygen atoms in total. The highest BCUT2D eigenvalue weighted by Gasteiger charge is 2.09. The lowest BCUT2D eigenvalue weighted by atomic mass is 10.3. The number of nitrogens with zero attached hydrogens (tertiary/aromatic N) is 3. The van der Waals surface area contributed by atoms with Gasteiger partial charge in [-0.2, -0.15) is 0 Å². The van der Waals surface area contributed by atoms with E-state index in [4.69, 9.17) is 20.8 Å². The number of thioether (sulfide) groups is 1. The van der Waals surface area contributed by atoms with E-state index in [1.807, 2.05) is 18.2 Å². The zero-order valence-corrected chi connectivity index (χ0v) is 14.9. The molecular weight excluding hydrogens is 402 g/mol. The Hall–Kier alpha value is -1.57. The molecule has 3 aromatic rings. The molecule has 0 aliphatic rings. The number of rotatable bonds is 6. The lowest BCUT2D eigenvalue weighted by Crippen LogP contribution is -2.00. The van der Waals surface area contributed by atoms with Crippen molar-refractivity contribution in [2.75, 3.05) is 12.4 Å². The van der Waals surface area contributed by atoms with Crippen molar-refractivity contribution in [1.29, 1.82) is 0 Å². The molecule has 0 N–H and O–H groups in total. The largest absolute Gasteiger partial charge is 0.492 e. The summed E-state index contributed by atoms with van der Waals surface area (Å²) in [4.78, 5) is 4.03. The molecule has 0 saturated carbocycles. The van der Waals surface area contributed by atoms with Crippen LogP contribution in [0.1, 0.15) is 0 Å². The van der Waals surface area contributed by atoms with Crippen molar-refractivity contribution in [2.45, 2.75) is 5.22 Å². The van der Waals surface area contributed by atoms with Crippen LogP contribution in [-0.2, 0) is 0 Å². The van der Waals surface area contributed by atoms with E-state index in [2.05, 4.69) is 31.1 Å². The second kappa shape index (κ2) is 7.81. The Morgan fingerprint density at radius 1 is 1.26 bits per heavy atom. The first-order chi connectivity index (χ1) is 11.2. The Bertz CT molecular complexity index is 785. The van der Waals surface area contributed by atoms with Gasteiger partial charge in [0.25, 0.3) is 5.22 Å². The van der Waals surface area contributed by atoms with Crippen LogP contribution in [0.4, 0.5) is 0 Å². The summed E-state index contributed by atoms with van der Waals surface area (Å²) < 4.78 is 12.1. The molecule has 3 rings (SSSR count). The van der Waals surface area contributed by atoms with E-state index >= 15 is 0 Å². The van der Waals surface area contributed by atoms with Crippen LogP contribution >= 0.6 is 39.3 Å². The van der Waals surface area contributed by atoms with E-state index in [0.717, 1.165) is 15.8 Å². The minimum atomic E-state index is 0.460. The molecule has 0 aliphatic heterocycles. The van der Waals surface area contributed by atoms with Crippen LogP contribution in [0, 0.1) is 0 Å². The van der Waals surface area contributed by atoms with Crippen LogP contribution in [0.5, 0.6) is 5.75 Å². The zero-order valence-electron chi connectivity index (χ0n) is 11.8.